The van der Waals surface area contributed by atoms with Gasteiger partial charge in [0, 0.05) is 13.1 Å². The first kappa shape index (κ1) is 15.9. The second-order valence-corrected chi connectivity index (χ2v) is 6.07. The highest BCUT2D eigenvalue weighted by molar-refractivity contribution is 5.97. The van der Waals surface area contributed by atoms with Gasteiger partial charge in [-0.05, 0) is 18.6 Å². The largest absolute Gasteiger partial charge is 0.496 e. The van der Waals surface area contributed by atoms with Crippen LogP contribution in [0.15, 0.2) is 18.3 Å². The molecule has 0 saturated carbocycles. The van der Waals surface area contributed by atoms with Crippen molar-refractivity contribution >= 4 is 5.91 Å². The van der Waals surface area contributed by atoms with Gasteiger partial charge in [-0.2, -0.15) is 0 Å². The van der Waals surface area contributed by atoms with E-state index < -0.39 is 23.1 Å². The molecule has 1 aromatic heterocycles. The number of benzene rings is 1. The number of nitrogens with zero attached hydrogens (tertiary/aromatic N) is 4. The van der Waals surface area contributed by atoms with Crippen LogP contribution in [0, 0.1) is 11.6 Å². The fraction of sp³-hybridized carbons (Fsp3) is 0.438. The van der Waals surface area contributed by atoms with Crippen molar-refractivity contribution in [3.8, 4) is 5.75 Å². The number of aromatic nitrogens is 3. The van der Waals surface area contributed by atoms with Crippen molar-refractivity contribution in [1.29, 1.82) is 0 Å². The smallest absolute Gasteiger partial charge is 0.260 e. The number of methoxy groups -OCH3 is 1. The van der Waals surface area contributed by atoms with Crippen molar-refractivity contribution in [2.24, 2.45) is 0 Å². The average Bonchev–Trinajstić information content (AvgIpc) is 3.12. The number of ether oxygens (including phenoxy) is 2. The zero-order chi connectivity index (χ0) is 17.6. The quantitative estimate of drug-likeness (QED) is 0.822. The van der Waals surface area contributed by atoms with E-state index in [1.165, 1.54) is 18.1 Å². The molecule has 25 heavy (non-hydrogen) atoms. The molecule has 1 saturated heterocycles. The fourth-order valence-electron chi connectivity index (χ4n) is 3.42. The lowest BCUT2D eigenvalue weighted by Crippen LogP contribution is -2.50. The molecule has 132 valence electrons. The minimum atomic E-state index is -1.20. The predicted molar refractivity (Wildman–Crippen MR) is 81.1 cm³/mol. The lowest BCUT2D eigenvalue weighted by atomic mass is 9.99. The van der Waals surface area contributed by atoms with Crippen LogP contribution < -0.4 is 4.74 Å². The van der Waals surface area contributed by atoms with Gasteiger partial charge in [0.2, 0.25) is 0 Å². The van der Waals surface area contributed by atoms with Crippen LogP contribution in [0.25, 0.3) is 0 Å². The molecule has 0 aliphatic carbocycles. The Morgan fingerprint density at radius 1 is 1.40 bits per heavy atom. The van der Waals surface area contributed by atoms with Gasteiger partial charge >= 0.3 is 0 Å². The summed E-state index contributed by atoms with van der Waals surface area (Å²) in [4.78, 5) is 14.3. The lowest BCUT2D eigenvalue weighted by molar-refractivity contribution is -0.0605. The predicted octanol–water partition coefficient (Wildman–Crippen LogP) is 1.55. The van der Waals surface area contributed by atoms with Crippen LogP contribution in [-0.2, 0) is 11.3 Å². The molecule has 4 rings (SSSR count). The van der Waals surface area contributed by atoms with Crippen molar-refractivity contribution in [2.75, 3.05) is 20.2 Å². The number of carbonyl (C=O) groups is 1. The van der Waals surface area contributed by atoms with Crippen LogP contribution in [-0.4, -0.2) is 52.1 Å². The normalized spacial score (nSPS) is 22.3. The fourth-order valence-corrected chi connectivity index (χ4v) is 3.42. The van der Waals surface area contributed by atoms with Crippen molar-refractivity contribution in [3.63, 3.8) is 0 Å². The molecule has 0 unspecified atom stereocenters. The summed E-state index contributed by atoms with van der Waals surface area (Å²) in [6.07, 6.45) is 2.11. The van der Waals surface area contributed by atoms with Gasteiger partial charge in [-0.15, -0.1) is 5.10 Å². The molecule has 0 radical (unpaired) electrons. The molecule has 0 spiro atoms. The third-order valence-corrected chi connectivity index (χ3v) is 4.71. The van der Waals surface area contributed by atoms with Crippen molar-refractivity contribution in [3.05, 3.63) is 41.2 Å². The molecule has 3 heterocycles. The SMILES string of the molecule is COc1ccc(F)c(F)c1C(=O)N1CC[C@@H]2OCc3cnnn3[C@H]2C1. The molecule has 2 atom stereocenters. The molecular formula is C16H16F2N4O3. The van der Waals surface area contributed by atoms with E-state index in [2.05, 4.69) is 10.3 Å². The number of hydrogen-bond acceptors (Lipinski definition) is 5. The van der Waals surface area contributed by atoms with Crippen LogP contribution >= 0.6 is 0 Å². The van der Waals surface area contributed by atoms with E-state index in [4.69, 9.17) is 9.47 Å². The number of piperidine rings is 1. The van der Waals surface area contributed by atoms with Gasteiger partial charge < -0.3 is 14.4 Å². The van der Waals surface area contributed by atoms with E-state index in [1.54, 1.807) is 10.9 Å². The third-order valence-electron chi connectivity index (χ3n) is 4.71. The minimum absolute atomic E-state index is 0.00682. The second-order valence-electron chi connectivity index (χ2n) is 6.07. The standard InChI is InChI=1S/C16H16F2N4O3/c1-24-13-3-2-10(17)15(18)14(13)16(23)21-5-4-12-11(7-21)22-9(8-25-12)6-19-20-22/h2-3,6,11-12H,4-5,7-8H2,1H3/t11-,12-/m0/s1. The number of fused-ring (bicyclic) bond motifs is 3. The number of hydrogen-bond donors (Lipinski definition) is 0. The van der Waals surface area contributed by atoms with Gasteiger partial charge in [-0.3, -0.25) is 4.79 Å². The summed E-state index contributed by atoms with van der Waals surface area (Å²) in [5, 5.41) is 7.94. The highest BCUT2D eigenvalue weighted by atomic mass is 19.2. The molecule has 9 heteroatoms. The van der Waals surface area contributed by atoms with E-state index in [0.717, 1.165) is 11.8 Å². The van der Waals surface area contributed by atoms with Crippen LogP contribution in [0.2, 0.25) is 0 Å². The molecule has 2 aliphatic heterocycles. The molecule has 2 aliphatic rings. The Hall–Kier alpha value is -2.55. The van der Waals surface area contributed by atoms with E-state index >= 15 is 0 Å². The minimum Gasteiger partial charge on any atom is -0.496 e. The van der Waals surface area contributed by atoms with Crippen molar-refractivity contribution in [1.82, 2.24) is 19.9 Å². The number of carbonyl (C=O) groups excluding carboxylic acids is 1. The van der Waals surface area contributed by atoms with Gasteiger partial charge in [0.25, 0.3) is 5.91 Å². The van der Waals surface area contributed by atoms with Gasteiger partial charge in [-0.1, -0.05) is 5.21 Å². The monoisotopic (exact) mass is 350 g/mol. The van der Waals surface area contributed by atoms with Gasteiger partial charge in [0.05, 0.1) is 37.8 Å². The summed E-state index contributed by atoms with van der Waals surface area (Å²) >= 11 is 0. The maximum Gasteiger partial charge on any atom is 0.260 e. The summed E-state index contributed by atoms with van der Waals surface area (Å²) in [5.41, 5.74) is 0.432. The summed E-state index contributed by atoms with van der Waals surface area (Å²) in [7, 11) is 1.31. The molecule has 7 nitrogen and oxygen atoms in total. The molecule has 0 N–H and O–H groups in total. The molecule has 1 amide bonds. The Morgan fingerprint density at radius 3 is 3.04 bits per heavy atom. The molecule has 1 aromatic carbocycles. The van der Waals surface area contributed by atoms with Crippen molar-refractivity contribution < 1.29 is 23.0 Å². The molecule has 2 aromatic rings. The van der Waals surface area contributed by atoms with Crippen LogP contribution in [0.1, 0.15) is 28.5 Å². The van der Waals surface area contributed by atoms with E-state index in [9.17, 15) is 13.6 Å². The van der Waals surface area contributed by atoms with E-state index in [0.29, 0.717) is 19.6 Å². The highest BCUT2D eigenvalue weighted by Crippen LogP contribution is 2.32. The van der Waals surface area contributed by atoms with Gasteiger partial charge in [-0.25, -0.2) is 13.5 Å². The van der Waals surface area contributed by atoms with E-state index in [-0.39, 0.29) is 24.4 Å². The summed E-state index contributed by atoms with van der Waals surface area (Å²) in [6, 6.07) is 1.98. The summed E-state index contributed by atoms with van der Waals surface area (Å²) in [5.74, 6) is -2.89. The number of amides is 1. The van der Waals surface area contributed by atoms with Crippen LogP contribution in [0.3, 0.4) is 0 Å². The first-order valence-corrected chi connectivity index (χ1v) is 7.92. The zero-order valence-electron chi connectivity index (χ0n) is 13.5. The third kappa shape index (κ3) is 2.55. The van der Waals surface area contributed by atoms with Crippen LogP contribution in [0.5, 0.6) is 5.75 Å². The Kier molecular flexibility index (Phi) is 3.87. The lowest BCUT2D eigenvalue weighted by Gasteiger charge is -2.41. The number of halogens is 2. The van der Waals surface area contributed by atoms with Gasteiger partial charge in [0.15, 0.2) is 11.6 Å². The summed E-state index contributed by atoms with van der Waals surface area (Å²) < 4.78 is 40.4. The molecular weight excluding hydrogens is 334 g/mol. The maximum absolute atomic E-state index is 14.2. The topological polar surface area (TPSA) is 69.5 Å². The number of likely N-dealkylation sites (tertiary alicyclic amines) is 1. The molecule has 0 bridgehead atoms. The van der Waals surface area contributed by atoms with Crippen LogP contribution in [0.4, 0.5) is 8.78 Å². The highest BCUT2D eigenvalue weighted by Gasteiger charge is 2.39. The Balaban J connectivity index is 1.64. The first-order valence-electron chi connectivity index (χ1n) is 7.92. The zero-order valence-corrected chi connectivity index (χ0v) is 13.5. The Labute approximate surface area is 142 Å². The summed E-state index contributed by atoms with van der Waals surface area (Å²) in [6.45, 7) is 1.08. The second kappa shape index (κ2) is 6.07. The Bertz CT molecular complexity index is 826. The average molecular weight is 350 g/mol. The van der Waals surface area contributed by atoms with E-state index in [1.807, 2.05) is 0 Å². The number of rotatable bonds is 2. The Morgan fingerprint density at radius 2 is 2.24 bits per heavy atom. The maximum atomic E-state index is 14.2. The molecule has 1 fully saturated rings. The van der Waals surface area contributed by atoms with Gasteiger partial charge in [0.1, 0.15) is 11.3 Å². The van der Waals surface area contributed by atoms with Crippen molar-refractivity contribution in [2.45, 2.75) is 25.2 Å². The first-order chi connectivity index (χ1) is 12.1.